The average molecular weight is 409 g/mol. The van der Waals surface area contributed by atoms with Crippen molar-refractivity contribution >= 4 is 17.5 Å². The minimum atomic E-state index is -0.270. The molecule has 1 unspecified atom stereocenters. The number of anilines is 1. The molecule has 1 saturated heterocycles. The molecule has 7 nitrogen and oxygen atoms in total. The highest BCUT2D eigenvalue weighted by Gasteiger charge is 2.34. The van der Waals surface area contributed by atoms with Crippen LogP contribution in [0.1, 0.15) is 59.9 Å². The Balaban J connectivity index is 1.43. The third kappa shape index (κ3) is 4.15. The molecule has 1 N–H and O–H groups in total. The molecule has 1 aromatic heterocycles. The van der Waals surface area contributed by atoms with Crippen molar-refractivity contribution in [2.45, 2.75) is 44.9 Å². The maximum atomic E-state index is 12.7. The Kier molecular flexibility index (Phi) is 5.97. The highest BCUT2D eigenvalue weighted by atomic mass is 16.5. The third-order valence-corrected chi connectivity index (χ3v) is 6.17. The van der Waals surface area contributed by atoms with E-state index in [9.17, 15) is 9.59 Å². The van der Waals surface area contributed by atoms with Crippen molar-refractivity contribution in [2.75, 3.05) is 25.5 Å². The molecule has 0 spiro atoms. The number of aromatic nitrogens is 2. The van der Waals surface area contributed by atoms with Gasteiger partial charge in [0, 0.05) is 31.1 Å². The van der Waals surface area contributed by atoms with Gasteiger partial charge in [-0.25, -0.2) is 9.97 Å². The first-order valence-electron chi connectivity index (χ1n) is 10.6. The van der Waals surface area contributed by atoms with E-state index in [-0.39, 0.29) is 17.7 Å². The van der Waals surface area contributed by atoms with Gasteiger partial charge in [0.25, 0.3) is 5.91 Å². The second-order valence-corrected chi connectivity index (χ2v) is 8.13. The molecule has 1 atom stereocenters. The first-order chi connectivity index (χ1) is 14.6. The molecule has 4 rings (SSSR count). The topological polar surface area (TPSA) is 84.4 Å². The van der Waals surface area contributed by atoms with Crippen LogP contribution in [0, 0.1) is 12.8 Å². The Hall–Kier alpha value is -2.96. The molecule has 2 amide bonds. The maximum absolute atomic E-state index is 12.7. The van der Waals surface area contributed by atoms with Crippen LogP contribution in [0.3, 0.4) is 0 Å². The lowest BCUT2D eigenvalue weighted by molar-refractivity contribution is -0.134. The molecule has 30 heavy (non-hydrogen) atoms. The summed E-state index contributed by atoms with van der Waals surface area (Å²) >= 11 is 0. The highest BCUT2D eigenvalue weighted by Crippen LogP contribution is 2.31. The number of nitrogens with one attached hydrogen (secondary N) is 1. The highest BCUT2D eigenvalue weighted by molar-refractivity contribution is 6.05. The van der Waals surface area contributed by atoms with Gasteiger partial charge in [0.2, 0.25) is 5.91 Å². The van der Waals surface area contributed by atoms with E-state index < -0.39 is 0 Å². The van der Waals surface area contributed by atoms with Gasteiger partial charge in [0.1, 0.15) is 11.6 Å². The molecule has 1 aliphatic heterocycles. The van der Waals surface area contributed by atoms with Crippen LogP contribution in [0.25, 0.3) is 0 Å². The normalized spacial score (nSPS) is 19.1. The van der Waals surface area contributed by atoms with Crippen molar-refractivity contribution in [2.24, 2.45) is 5.92 Å². The number of aryl methyl sites for hydroxylation is 1. The van der Waals surface area contributed by atoms with Crippen LogP contribution in [-0.2, 0) is 4.79 Å². The van der Waals surface area contributed by atoms with E-state index >= 15 is 0 Å². The largest absolute Gasteiger partial charge is 0.495 e. The Morgan fingerprint density at radius 2 is 1.93 bits per heavy atom. The third-order valence-electron chi connectivity index (χ3n) is 6.17. The summed E-state index contributed by atoms with van der Waals surface area (Å²) in [6, 6.07) is 7.26. The molecule has 0 bridgehead atoms. The fourth-order valence-corrected chi connectivity index (χ4v) is 4.44. The van der Waals surface area contributed by atoms with Crippen molar-refractivity contribution < 1.29 is 14.3 Å². The zero-order valence-corrected chi connectivity index (χ0v) is 17.6. The van der Waals surface area contributed by atoms with Crippen LogP contribution in [0.4, 0.5) is 5.69 Å². The van der Waals surface area contributed by atoms with Crippen molar-refractivity contribution in [3.63, 3.8) is 0 Å². The molecular weight excluding hydrogens is 380 g/mol. The van der Waals surface area contributed by atoms with Crippen LogP contribution in [0.5, 0.6) is 5.75 Å². The molecule has 2 aliphatic rings. The summed E-state index contributed by atoms with van der Waals surface area (Å²) in [6.07, 6.45) is 6.81. The molecule has 2 fully saturated rings. The zero-order valence-electron chi connectivity index (χ0n) is 17.6. The van der Waals surface area contributed by atoms with Crippen LogP contribution in [0.2, 0.25) is 0 Å². The fraction of sp³-hybridized carbons (Fsp3) is 0.478. The number of ether oxygens (including phenoxy) is 1. The van der Waals surface area contributed by atoms with Gasteiger partial charge in [-0.1, -0.05) is 25.0 Å². The van der Waals surface area contributed by atoms with Crippen LogP contribution < -0.4 is 10.1 Å². The monoisotopic (exact) mass is 408 g/mol. The van der Waals surface area contributed by atoms with Gasteiger partial charge < -0.3 is 15.0 Å². The van der Waals surface area contributed by atoms with E-state index in [2.05, 4.69) is 15.3 Å². The number of carbonyl (C=O) groups is 2. The van der Waals surface area contributed by atoms with Crippen molar-refractivity contribution in [1.29, 1.82) is 0 Å². The number of amides is 2. The Bertz CT molecular complexity index is 940. The Morgan fingerprint density at radius 3 is 2.67 bits per heavy atom. The molecule has 2 heterocycles. The van der Waals surface area contributed by atoms with Crippen LogP contribution >= 0.6 is 0 Å². The number of para-hydroxylation sites is 2. The number of hydrogen-bond donors (Lipinski definition) is 1. The average Bonchev–Trinajstić information content (AvgIpc) is 3.46. The summed E-state index contributed by atoms with van der Waals surface area (Å²) in [5, 5.41) is 2.86. The molecular formula is C23H28N4O3. The molecule has 2 aromatic rings. The number of likely N-dealkylation sites (tertiary alicyclic amines) is 1. The van der Waals surface area contributed by atoms with E-state index in [0.717, 1.165) is 38.6 Å². The predicted octanol–water partition coefficient (Wildman–Crippen LogP) is 3.55. The first-order valence-corrected chi connectivity index (χ1v) is 10.6. The van der Waals surface area contributed by atoms with Crippen molar-refractivity contribution in [3.8, 4) is 5.75 Å². The molecule has 1 aromatic carbocycles. The van der Waals surface area contributed by atoms with Gasteiger partial charge in [-0.15, -0.1) is 0 Å². The summed E-state index contributed by atoms with van der Waals surface area (Å²) in [5.41, 5.74) is 1.67. The van der Waals surface area contributed by atoms with Crippen LogP contribution in [0.15, 0.2) is 30.5 Å². The number of carbonyl (C=O) groups excluding carboxylic acids is 2. The Labute approximate surface area is 176 Å². The summed E-state index contributed by atoms with van der Waals surface area (Å²) in [5.74, 6) is 1.66. The SMILES string of the molecule is COc1ccccc1NC(=O)c1cnc(C2CCN(C(=O)C3CCCC3)C2)nc1C. The summed E-state index contributed by atoms with van der Waals surface area (Å²) in [7, 11) is 1.57. The van der Waals surface area contributed by atoms with E-state index in [4.69, 9.17) is 4.74 Å². The number of nitrogens with zero attached hydrogens (tertiary/aromatic N) is 3. The fourth-order valence-electron chi connectivity index (χ4n) is 4.44. The van der Waals surface area contributed by atoms with Crippen molar-refractivity contribution in [3.05, 3.63) is 47.5 Å². The number of methoxy groups -OCH3 is 1. The predicted molar refractivity (Wildman–Crippen MR) is 114 cm³/mol. The van der Waals surface area contributed by atoms with E-state index in [1.807, 2.05) is 24.0 Å². The summed E-state index contributed by atoms with van der Waals surface area (Å²) < 4.78 is 5.29. The van der Waals surface area contributed by atoms with Gasteiger partial charge in [0.15, 0.2) is 0 Å². The molecule has 158 valence electrons. The molecule has 7 heteroatoms. The zero-order chi connectivity index (χ0) is 21.1. The second kappa shape index (κ2) is 8.81. The van der Waals surface area contributed by atoms with Gasteiger partial charge >= 0.3 is 0 Å². The summed E-state index contributed by atoms with van der Waals surface area (Å²) in [4.78, 5) is 36.5. The molecule has 1 aliphatic carbocycles. The first kappa shape index (κ1) is 20.3. The van der Waals surface area contributed by atoms with E-state index in [1.165, 1.54) is 0 Å². The molecule has 1 saturated carbocycles. The van der Waals surface area contributed by atoms with Gasteiger partial charge in [-0.2, -0.15) is 0 Å². The van der Waals surface area contributed by atoms with E-state index in [1.54, 1.807) is 25.4 Å². The maximum Gasteiger partial charge on any atom is 0.259 e. The van der Waals surface area contributed by atoms with Gasteiger partial charge in [-0.3, -0.25) is 9.59 Å². The number of hydrogen-bond acceptors (Lipinski definition) is 5. The summed E-state index contributed by atoms with van der Waals surface area (Å²) in [6.45, 7) is 3.25. The minimum Gasteiger partial charge on any atom is -0.495 e. The second-order valence-electron chi connectivity index (χ2n) is 8.13. The quantitative estimate of drug-likeness (QED) is 0.818. The van der Waals surface area contributed by atoms with E-state index in [0.29, 0.717) is 41.0 Å². The molecule has 0 radical (unpaired) electrons. The standard InChI is InChI=1S/C23H28N4O3/c1-15-18(22(28)26-19-9-5-6-10-20(19)30-2)13-24-21(25-15)17-11-12-27(14-17)23(29)16-7-3-4-8-16/h5-6,9-10,13,16-17H,3-4,7-8,11-12,14H2,1-2H3,(H,26,28). The lowest BCUT2D eigenvalue weighted by Crippen LogP contribution is -2.33. The minimum absolute atomic E-state index is 0.125. The lowest BCUT2D eigenvalue weighted by Gasteiger charge is -2.20. The lowest BCUT2D eigenvalue weighted by atomic mass is 10.1. The van der Waals surface area contributed by atoms with Gasteiger partial charge in [0.05, 0.1) is 24.1 Å². The Morgan fingerprint density at radius 1 is 1.17 bits per heavy atom. The number of benzene rings is 1. The van der Waals surface area contributed by atoms with Gasteiger partial charge in [-0.05, 0) is 38.3 Å². The van der Waals surface area contributed by atoms with Crippen LogP contribution in [-0.4, -0.2) is 46.9 Å². The smallest absolute Gasteiger partial charge is 0.259 e. The number of rotatable bonds is 5. The van der Waals surface area contributed by atoms with Crippen molar-refractivity contribution in [1.82, 2.24) is 14.9 Å².